The number of ether oxygens (including phenoxy) is 1. The maximum atomic E-state index is 12.8. The minimum Gasteiger partial charge on any atom is -0.456 e. The molecule has 0 heterocycles. The average molecular weight is 318 g/mol. The Morgan fingerprint density at radius 3 is 1.62 bits per heavy atom. The summed E-state index contributed by atoms with van der Waals surface area (Å²) in [6.45, 7) is 5.58. The Balaban J connectivity index is 2.56. The smallest absolute Gasteiger partial charge is 0.345 e. The number of carbonyl (C=O) groups excluding carboxylic acids is 1. The molecule has 4 heteroatoms. The molecule has 2 nitrogen and oxygen atoms in total. The Morgan fingerprint density at radius 1 is 0.905 bits per heavy atom. The molecule has 0 aliphatic heterocycles. The highest BCUT2D eigenvalue weighted by atomic mass is 32.4. The molecule has 0 saturated carbocycles. The van der Waals surface area contributed by atoms with E-state index >= 15 is 0 Å². The number of benzene rings is 2. The van der Waals surface area contributed by atoms with E-state index in [1.54, 1.807) is 0 Å². The molecular weight excluding hydrogens is 299 g/mol. The first kappa shape index (κ1) is 15.9. The SMILES string of the molecule is CC(C)(C)OC(=O)P(=S)(c1ccccc1)c1ccccc1. The molecular formula is C17H19O2PS. The summed E-state index contributed by atoms with van der Waals surface area (Å²) >= 11 is 5.86. The summed E-state index contributed by atoms with van der Waals surface area (Å²) < 4.78 is 5.62. The van der Waals surface area contributed by atoms with Crippen LogP contribution < -0.4 is 10.6 Å². The molecule has 2 aromatic carbocycles. The van der Waals surface area contributed by atoms with Gasteiger partial charge in [-0.3, -0.25) is 0 Å². The minimum atomic E-state index is -2.64. The third kappa shape index (κ3) is 3.61. The van der Waals surface area contributed by atoms with E-state index in [0.29, 0.717) is 0 Å². The topological polar surface area (TPSA) is 26.3 Å². The van der Waals surface area contributed by atoms with Gasteiger partial charge in [-0.25, -0.2) is 4.79 Å². The van der Waals surface area contributed by atoms with Crippen LogP contribution in [0.15, 0.2) is 60.7 Å². The van der Waals surface area contributed by atoms with Gasteiger partial charge in [0.1, 0.15) is 11.6 Å². The van der Waals surface area contributed by atoms with Gasteiger partial charge in [0.2, 0.25) is 0 Å². The molecule has 0 saturated heterocycles. The van der Waals surface area contributed by atoms with E-state index in [2.05, 4.69) is 0 Å². The molecule has 0 aromatic heterocycles. The van der Waals surface area contributed by atoms with Crippen LogP contribution in [0.25, 0.3) is 0 Å². The minimum absolute atomic E-state index is 0.303. The first-order valence-corrected chi connectivity index (χ1v) is 9.59. The van der Waals surface area contributed by atoms with Crippen molar-refractivity contribution in [2.45, 2.75) is 26.4 Å². The molecule has 0 radical (unpaired) electrons. The van der Waals surface area contributed by atoms with Gasteiger partial charge in [-0.15, -0.1) is 0 Å². The molecule has 0 aliphatic rings. The van der Waals surface area contributed by atoms with Crippen LogP contribution in [0.4, 0.5) is 4.79 Å². The summed E-state index contributed by atoms with van der Waals surface area (Å²) in [5.41, 5.74) is -0.854. The van der Waals surface area contributed by atoms with E-state index in [9.17, 15) is 4.79 Å². The van der Waals surface area contributed by atoms with E-state index in [-0.39, 0.29) is 5.71 Å². The van der Waals surface area contributed by atoms with Crippen molar-refractivity contribution in [3.63, 3.8) is 0 Å². The van der Waals surface area contributed by atoms with E-state index in [4.69, 9.17) is 16.5 Å². The van der Waals surface area contributed by atoms with Gasteiger partial charge >= 0.3 is 5.71 Å². The number of carbonyl (C=O) groups is 1. The molecule has 0 amide bonds. The number of rotatable bonds is 3. The second-order valence-corrected chi connectivity index (χ2v) is 10.0. The zero-order chi connectivity index (χ0) is 15.5. The predicted molar refractivity (Wildman–Crippen MR) is 92.7 cm³/mol. The maximum Gasteiger partial charge on any atom is 0.345 e. The Labute approximate surface area is 131 Å². The van der Waals surface area contributed by atoms with Crippen LogP contribution in [-0.2, 0) is 16.5 Å². The van der Waals surface area contributed by atoms with Gasteiger partial charge in [-0.1, -0.05) is 72.5 Å². The Morgan fingerprint density at radius 2 is 1.29 bits per heavy atom. The molecule has 0 fully saturated rings. The van der Waals surface area contributed by atoms with Gasteiger partial charge in [0.25, 0.3) is 0 Å². The quantitative estimate of drug-likeness (QED) is 0.799. The molecule has 0 bridgehead atoms. The normalized spacial score (nSPS) is 12.0. The Bertz CT molecular complexity index is 617. The molecule has 0 N–H and O–H groups in total. The predicted octanol–water partition coefficient (Wildman–Crippen LogP) is 4.05. The van der Waals surface area contributed by atoms with Crippen LogP contribution in [0.5, 0.6) is 0 Å². The van der Waals surface area contributed by atoms with Crippen molar-refractivity contribution in [1.82, 2.24) is 0 Å². The lowest BCUT2D eigenvalue weighted by molar-refractivity contribution is 0.0730. The van der Waals surface area contributed by atoms with Crippen LogP contribution in [0, 0.1) is 0 Å². The fourth-order valence-electron chi connectivity index (χ4n) is 1.96. The molecule has 0 aliphatic carbocycles. The molecule has 2 rings (SSSR count). The largest absolute Gasteiger partial charge is 0.456 e. The molecule has 0 spiro atoms. The zero-order valence-electron chi connectivity index (χ0n) is 12.4. The second-order valence-electron chi connectivity index (χ2n) is 5.76. The van der Waals surface area contributed by atoms with E-state index in [0.717, 1.165) is 10.6 Å². The van der Waals surface area contributed by atoms with Crippen molar-refractivity contribution in [2.24, 2.45) is 0 Å². The van der Waals surface area contributed by atoms with Gasteiger partial charge in [-0.2, -0.15) is 0 Å². The highest BCUT2D eigenvalue weighted by Crippen LogP contribution is 2.46. The molecule has 0 unspecified atom stereocenters. The average Bonchev–Trinajstić information content (AvgIpc) is 2.46. The molecule has 0 atom stereocenters. The molecule has 110 valence electrons. The van der Waals surface area contributed by atoms with Crippen molar-refractivity contribution >= 4 is 34.2 Å². The van der Waals surface area contributed by atoms with E-state index in [1.807, 2.05) is 81.4 Å². The van der Waals surface area contributed by atoms with E-state index < -0.39 is 11.6 Å². The van der Waals surface area contributed by atoms with Crippen molar-refractivity contribution < 1.29 is 9.53 Å². The zero-order valence-corrected chi connectivity index (χ0v) is 14.2. The molecule has 2 aromatic rings. The fraction of sp³-hybridized carbons (Fsp3) is 0.235. The van der Waals surface area contributed by atoms with Crippen molar-refractivity contribution in [1.29, 1.82) is 0 Å². The van der Waals surface area contributed by atoms with Gasteiger partial charge in [0, 0.05) is 0 Å². The summed E-state index contributed by atoms with van der Waals surface area (Å²) in [6.07, 6.45) is 0. The lowest BCUT2D eigenvalue weighted by atomic mass is 10.2. The highest BCUT2D eigenvalue weighted by molar-refractivity contribution is 8.29. The van der Waals surface area contributed by atoms with Crippen molar-refractivity contribution in [3.8, 4) is 0 Å². The standard InChI is InChI=1S/C17H19O2PS/c1-17(2,3)19-16(18)20(21,14-10-6-4-7-11-14)15-12-8-5-9-13-15/h4-13H,1-3H3. The third-order valence-corrected chi connectivity index (χ3v) is 7.26. The van der Waals surface area contributed by atoms with Gasteiger partial charge in [0.05, 0.1) is 0 Å². The Kier molecular flexibility index (Phi) is 4.65. The lowest BCUT2D eigenvalue weighted by Gasteiger charge is -2.27. The van der Waals surface area contributed by atoms with E-state index in [1.165, 1.54) is 0 Å². The van der Waals surface area contributed by atoms with Crippen LogP contribution in [0.3, 0.4) is 0 Å². The van der Waals surface area contributed by atoms with Crippen LogP contribution in [-0.4, -0.2) is 11.3 Å². The van der Waals surface area contributed by atoms with Crippen LogP contribution in [0.1, 0.15) is 20.8 Å². The van der Waals surface area contributed by atoms with Crippen LogP contribution in [0.2, 0.25) is 0 Å². The summed E-state index contributed by atoms with van der Waals surface area (Å²) in [7, 11) is 0. The fourth-order valence-corrected chi connectivity index (χ4v) is 5.11. The summed E-state index contributed by atoms with van der Waals surface area (Å²) in [4.78, 5) is 12.8. The van der Waals surface area contributed by atoms with Gasteiger partial charge in [-0.05, 0) is 31.4 Å². The second kappa shape index (κ2) is 6.13. The summed E-state index contributed by atoms with van der Waals surface area (Å²) in [6, 6.07) is 16.5. The monoisotopic (exact) mass is 318 g/mol. The first-order valence-electron chi connectivity index (χ1n) is 6.79. The van der Waals surface area contributed by atoms with Crippen LogP contribution >= 0.6 is 6.04 Å². The summed E-state index contributed by atoms with van der Waals surface area (Å²) in [5.74, 6) is 0. The first-order chi connectivity index (χ1) is 9.84. The number of hydrogen-bond acceptors (Lipinski definition) is 3. The van der Waals surface area contributed by atoms with Gasteiger partial charge in [0.15, 0.2) is 0 Å². The van der Waals surface area contributed by atoms with Crippen molar-refractivity contribution in [2.75, 3.05) is 0 Å². The Hall–Kier alpha value is -1.44. The summed E-state index contributed by atoms with van der Waals surface area (Å²) in [5, 5.41) is 1.72. The lowest BCUT2D eigenvalue weighted by Crippen LogP contribution is -2.29. The maximum absolute atomic E-state index is 12.8. The van der Waals surface area contributed by atoms with Crippen molar-refractivity contribution in [3.05, 3.63) is 60.7 Å². The van der Waals surface area contributed by atoms with Gasteiger partial charge < -0.3 is 4.74 Å². The third-order valence-electron chi connectivity index (χ3n) is 2.89. The molecule has 21 heavy (non-hydrogen) atoms. The number of hydrogen-bond donors (Lipinski definition) is 0. The highest BCUT2D eigenvalue weighted by Gasteiger charge is 2.34.